The van der Waals surface area contributed by atoms with Crippen LogP contribution in [0.5, 0.6) is 0 Å². The van der Waals surface area contributed by atoms with E-state index in [9.17, 15) is 9.59 Å². The number of nitrogens with one attached hydrogen (secondary N) is 2. The fourth-order valence-electron chi connectivity index (χ4n) is 0.194. The topological polar surface area (TPSA) is 108 Å². The van der Waals surface area contributed by atoms with Crippen LogP contribution >= 0.6 is 0 Å². The van der Waals surface area contributed by atoms with Gasteiger partial charge in [0.15, 0.2) is 6.19 Å². The lowest BCUT2D eigenvalue weighted by Gasteiger charge is -1.93. The van der Waals surface area contributed by atoms with E-state index in [-0.39, 0.29) is 0 Å². The van der Waals surface area contributed by atoms with Crippen molar-refractivity contribution in [1.29, 1.82) is 5.26 Å². The Balaban J connectivity index is 3.54. The molecule has 0 heterocycles. The zero-order chi connectivity index (χ0) is 7.28. The first-order valence-electron chi connectivity index (χ1n) is 1.92. The molecule has 0 unspecified atom stereocenters. The fraction of sp³-hybridized carbons (Fsp3) is 0. The molecule has 4 amide bonds. The zero-order valence-corrected chi connectivity index (χ0v) is 4.34. The van der Waals surface area contributed by atoms with E-state index < -0.39 is 12.1 Å². The van der Waals surface area contributed by atoms with Gasteiger partial charge in [-0.2, -0.15) is 5.26 Å². The van der Waals surface area contributed by atoms with Crippen molar-refractivity contribution >= 4 is 12.1 Å². The van der Waals surface area contributed by atoms with Crippen LogP contribution in [0.15, 0.2) is 0 Å². The van der Waals surface area contributed by atoms with Crippen molar-refractivity contribution < 1.29 is 9.59 Å². The Kier molecular flexibility index (Phi) is 2.62. The van der Waals surface area contributed by atoms with Crippen LogP contribution in [0.3, 0.4) is 0 Å². The first-order chi connectivity index (χ1) is 4.16. The quantitative estimate of drug-likeness (QED) is 0.283. The van der Waals surface area contributed by atoms with Gasteiger partial charge in [-0.25, -0.2) is 14.9 Å². The minimum atomic E-state index is -0.997. The van der Waals surface area contributed by atoms with Crippen LogP contribution in [0.4, 0.5) is 9.59 Å². The SMILES string of the molecule is N#CNC(=O)NC(N)=O. The highest BCUT2D eigenvalue weighted by Gasteiger charge is 1.98. The summed E-state index contributed by atoms with van der Waals surface area (Å²) in [5.74, 6) is 0. The Hall–Kier alpha value is -1.77. The zero-order valence-electron chi connectivity index (χ0n) is 4.34. The fourth-order valence-corrected chi connectivity index (χ4v) is 0.194. The standard InChI is InChI=1S/C3H4N4O2/c4-1-6-3(9)7-2(5)8/h(H4,5,6,7,8,9). The molecule has 0 saturated carbocycles. The van der Waals surface area contributed by atoms with E-state index in [1.165, 1.54) is 6.19 Å². The summed E-state index contributed by atoms with van der Waals surface area (Å²) in [7, 11) is 0. The molecule has 0 aromatic carbocycles. The van der Waals surface area contributed by atoms with E-state index >= 15 is 0 Å². The number of hydrogen-bond donors (Lipinski definition) is 3. The number of urea groups is 2. The van der Waals surface area contributed by atoms with Gasteiger partial charge in [-0.3, -0.25) is 5.32 Å². The normalized spacial score (nSPS) is 7.00. The summed E-state index contributed by atoms with van der Waals surface area (Å²) < 4.78 is 0. The molecular weight excluding hydrogens is 124 g/mol. The maximum atomic E-state index is 10.1. The van der Waals surface area contributed by atoms with E-state index in [2.05, 4.69) is 5.73 Å². The van der Waals surface area contributed by atoms with Crippen molar-refractivity contribution in [3.8, 4) is 6.19 Å². The van der Waals surface area contributed by atoms with Gasteiger partial charge < -0.3 is 5.73 Å². The van der Waals surface area contributed by atoms with Crippen molar-refractivity contribution in [2.24, 2.45) is 5.73 Å². The molecule has 0 atom stereocenters. The van der Waals surface area contributed by atoms with Gasteiger partial charge in [-0.15, -0.1) is 0 Å². The van der Waals surface area contributed by atoms with E-state index in [1.54, 1.807) is 10.6 Å². The third-order valence-corrected chi connectivity index (χ3v) is 0.406. The van der Waals surface area contributed by atoms with Gasteiger partial charge in [0.2, 0.25) is 0 Å². The Morgan fingerprint density at radius 1 is 1.56 bits per heavy atom. The minimum absolute atomic E-state index is 0.926. The summed E-state index contributed by atoms with van der Waals surface area (Å²) in [6.45, 7) is 0. The van der Waals surface area contributed by atoms with Crippen LogP contribution in [-0.4, -0.2) is 12.1 Å². The van der Waals surface area contributed by atoms with Crippen LogP contribution in [0.1, 0.15) is 0 Å². The van der Waals surface area contributed by atoms with Gasteiger partial charge in [-0.05, 0) is 0 Å². The average Bonchev–Trinajstić information content (AvgIpc) is 1.63. The molecule has 0 spiro atoms. The maximum absolute atomic E-state index is 10.1. The first kappa shape index (κ1) is 7.23. The van der Waals surface area contributed by atoms with Crippen LogP contribution in [0.2, 0.25) is 0 Å². The molecule has 0 aromatic rings. The van der Waals surface area contributed by atoms with Crippen molar-refractivity contribution in [3.05, 3.63) is 0 Å². The van der Waals surface area contributed by atoms with Crippen molar-refractivity contribution in [2.45, 2.75) is 0 Å². The predicted molar refractivity (Wildman–Crippen MR) is 26.9 cm³/mol. The summed E-state index contributed by atoms with van der Waals surface area (Å²) >= 11 is 0. The monoisotopic (exact) mass is 128 g/mol. The van der Waals surface area contributed by atoms with Crippen LogP contribution in [-0.2, 0) is 0 Å². The number of imide groups is 1. The van der Waals surface area contributed by atoms with Crippen LogP contribution in [0, 0.1) is 11.5 Å². The van der Waals surface area contributed by atoms with E-state index in [0.717, 1.165) is 0 Å². The summed E-state index contributed by atoms with van der Waals surface area (Å²) in [4.78, 5) is 19.9. The number of hydrogen-bond acceptors (Lipinski definition) is 3. The molecule has 0 aromatic heterocycles. The molecule has 0 rings (SSSR count). The van der Waals surface area contributed by atoms with Gasteiger partial charge in [-0.1, -0.05) is 0 Å². The molecule has 6 heteroatoms. The number of primary amides is 1. The molecule has 4 N–H and O–H groups in total. The smallest absolute Gasteiger partial charge is 0.336 e. The lowest BCUT2D eigenvalue weighted by atomic mass is 10.9. The van der Waals surface area contributed by atoms with E-state index in [4.69, 9.17) is 5.26 Å². The Morgan fingerprint density at radius 2 is 2.11 bits per heavy atom. The second kappa shape index (κ2) is 3.26. The van der Waals surface area contributed by atoms with Crippen molar-refractivity contribution in [3.63, 3.8) is 0 Å². The second-order valence-corrected chi connectivity index (χ2v) is 1.06. The number of rotatable bonds is 0. The van der Waals surface area contributed by atoms with Crippen molar-refractivity contribution in [2.75, 3.05) is 0 Å². The van der Waals surface area contributed by atoms with Gasteiger partial charge in [0.25, 0.3) is 0 Å². The average molecular weight is 128 g/mol. The molecular formula is C3H4N4O2. The summed E-state index contributed by atoms with van der Waals surface area (Å²) in [5, 5.41) is 11.0. The third-order valence-electron chi connectivity index (χ3n) is 0.406. The van der Waals surface area contributed by atoms with E-state index in [1.807, 2.05) is 0 Å². The Labute approximate surface area is 50.6 Å². The van der Waals surface area contributed by atoms with Gasteiger partial charge in [0.05, 0.1) is 0 Å². The molecule has 6 nitrogen and oxygen atoms in total. The largest absolute Gasteiger partial charge is 0.351 e. The van der Waals surface area contributed by atoms with Crippen LogP contribution in [0.25, 0.3) is 0 Å². The first-order valence-corrected chi connectivity index (χ1v) is 1.92. The highest BCUT2D eigenvalue weighted by atomic mass is 16.2. The Bertz CT molecular complexity index is 169. The highest BCUT2D eigenvalue weighted by Crippen LogP contribution is 1.59. The predicted octanol–water partition coefficient (Wildman–Crippen LogP) is -1.15. The third kappa shape index (κ3) is 4.08. The molecule has 0 aliphatic rings. The van der Waals surface area contributed by atoms with Crippen LogP contribution < -0.4 is 16.4 Å². The molecule has 0 saturated heterocycles. The number of nitrogens with two attached hydrogens (primary N) is 1. The number of nitriles is 1. The maximum Gasteiger partial charge on any atom is 0.336 e. The number of carbonyl (C=O) groups is 2. The molecule has 0 aliphatic carbocycles. The van der Waals surface area contributed by atoms with E-state index in [0.29, 0.717) is 0 Å². The number of nitrogens with zero attached hydrogens (tertiary/aromatic N) is 1. The molecule has 9 heavy (non-hydrogen) atoms. The molecule has 48 valence electrons. The van der Waals surface area contributed by atoms with Gasteiger partial charge in [0, 0.05) is 0 Å². The van der Waals surface area contributed by atoms with Gasteiger partial charge in [0.1, 0.15) is 0 Å². The second-order valence-electron chi connectivity index (χ2n) is 1.06. The summed E-state index contributed by atoms with van der Waals surface area (Å²) in [6, 6.07) is -1.92. The summed E-state index contributed by atoms with van der Waals surface area (Å²) in [6.07, 6.45) is 1.30. The van der Waals surface area contributed by atoms with Gasteiger partial charge >= 0.3 is 12.1 Å². The number of carbonyl (C=O) groups excluding carboxylic acids is 2. The Morgan fingerprint density at radius 3 is 2.44 bits per heavy atom. The lowest BCUT2D eigenvalue weighted by Crippen LogP contribution is -2.40. The molecule has 0 radical (unpaired) electrons. The molecule has 0 bridgehead atoms. The molecule has 0 aliphatic heterocycles. The highest BCUT2D eigenvalue weighted by molar-refractivity contribution is 5.92. The minimum Gasteiger partial charge on any atom is -0.351 e. The number of amides is 4. The molecule has 0 fully saturated rings. The van der Waals surface area contributed by atoms with Crippen molar-refractivity contribution in [1.82, 2.24) is 10.6 Å². The summed E-state index contributed by atoms with van der Waals surface area (Å²) in [5.41, 5.74) is 4.50. The lowest BCUT2D eigenvalue weighted by molar-refractivity contribution is 0.234.